The Bertz CT molecular complexity index is 1300. The molecule has 1 aliphatic rings. The van der Waals surface area contributed by atoms with E-state index in [9.17, 15) is 35.5 Å². The van der Waals surface area contributed by atoms with Gasteiger partial charge in [-0.2, -0.15) is 31.4 Å². The van der Waals surface area contributed by atoms with Crippen LogP contribution in [0.15, 0.2) is 48.8 Å². The third-order valence-corrected chi connectivity index (χ3v) is 6.42. The van der Waals surface area contributed by atoms with Gasteiger partial charge in [0.2, 0.25) is 6.41 Å². The van der Waals surface area contributed by atoms with Crippen molar-refractivity contribution >= 4 is 6.41 Å². The van der Waals surface area contributed by atoms with Crippen LogP contribution < -0.4 is 0 Å². The second-order valence-corrected chi connectivity index (χ2v) is 9.53. The molecule has 0 saturated carbocycles. The molecule has 3 aromatic rings. The first kappa shape index (κ1) is 30.4. The van der Waals surface area contributed by atoms with Gasteiger partial charge >= 0.3 is 12.4 Å². The minimum atomic E-state index is -5.01. The Kier molecular flexibility index (Phi) is 8.99. The van der Waals surface area contributed by atoms with E-state index in [1.165, 1.54) is 47.1 Å². The summed E-state index contributed by atoms with van der Waals surface area (Å²) in [7, 11) is 1.56. The lowest BCUT2D eigenvalue weighted by Crippen LogP contribution is -2.46. The first-order valence-electron chi connectivity index (χ1n) is 12.3. The van der Waals surface area contributed by atoms with Crippen LogP contribution in [0.4, 0.5) is 30.7 Å². The highest BCUT2D eigenvalue weighted by molar-refractivity contribution is 5.45. The number of carbonyl (C=O) groups is 1. The fraction of sp³-hybridized carbons (Fsp3) is 0.423. The van der Waals surface area contributed by atoms with Gasteiger partial charge < -0.3 is 14.4 Å². The summed E-state index contributed by atoms with van der Waals surface area (Å²) in [5, 5.41) is 4.34. The molecule has 0 radical (unpaired) electrons. The molecule has 0 spiro atoms. The number of rotatable bonds is 9. The maximum atomic E-state index is 13.7. The van der Waals surface area contributed by atoms with Crippen molar-refractivity contribution in [3.05, 3.63) is 82.7 Å². The second-order valence-electron chi connectivity index (χ2n) is 9.53. The molecule has 1 saturated heterocycles. The van der Waals surface area contributed by atoms with Crippen LogP contribution in [-0.2, 0) is 39.8 Å². The lowest BCUT2D eigenvalue weighted by molar-refractivity contribution is -0.231. The van der Waals surface area contributed by atoms with E-state index in [4.69, 9.17) is 9.47 Å². The van der Waals surface area contributed by atoms with Gasteiger partial charge in [-0.25, -0.2) is 14.1 Å². The van der Waals surface area contributed by atoms with Crippen molar-refractivity contribution in [2.24, 2.45) is 0 Å². The number of hydrogen-bond donors (Lipinski definition) is 0. The molecule has 8 nitrogen and oxygen atoms in total. The molecule has 4 rings (SSSR count). The number of hydrogen-bond acceptors (Lipinski definition) is 6. The van der Waals surface area contributed by atoms with E-state index in [0.717, 1.165) is 0 Å². The average Bonchev–Trinajstić information content (AvgIpc) is 3.34. The number of benzene rings is 2. The van der Waals surface area contributed by atoms with Gasteiger partial charge in [0, 0.05) is 13.6 Å². The van der Waals surface area contributed by atoms with Crippen molar-refractivity contribution in [3.63, 3.8) is 0 Å². The molecule has 1 fully saturated rings. The van der Waals surface area contributed by atoms with Gasteiger partial charge in [-0.3, -0.25) is 9.69 Å². The molecule has 1 aromatic heterocycles. The predicted molar refractivity (Wildman–Crippen MR) is 129 cm³/mol. The Balaban J connectivity index is 1.63. The van der Waals surface area contributed by atoms with Gasteiger partial charge in [0.25, 0.3) is 0 Å². The SMILES string of the molecule is C[C@@H](O[C@H]1OCCN(Cc2ncn(CN(C)C=O)n2)[C@H]1c1ccc(F)cc1)c1cc(C(F)(F)F)cc(C(F)(F)F)c1. The Morgan fingerprint density at radius 1 is 1.10 bits per heavy atom. The van der Waals surface area contributed by atoms with E-state index in [-0.39, 0.29) is 31.5 Å². The highest BCUT2D eigenvalue weighted by Crippen LogP contribution is 2.39. The van der Waals surface area contributed by atoms with Crippen LogP contribution in [-0.4, -0.2) is 57.5 Å². The van der Waals surface area contributed by atoms with Gasteiger partial charge in [0.05, 0.1) is 36.4 Å². The quantitative estimate of drug-likeness (QED) is 0.253. The van der Waals surface area contributed by atoms with Crippen molar-refractivity contribution in [3.8, 4) is 0 Å². The predicted octanol–water partition coefficient (Wildman–Crippen LogP) is 5.18. The van der Waals surface area contributed by atoms with Crippen molar-refractivity contribution in [2.45, 2.75) is 50.9 Å². The molecule has 2 aromatic carbocycles. The highest BCUT2D eigenvalue weighted by atomic mass is 19.4. The Morgan fingerprint density at radius 2 is 1.73 bits per heavy atom. The molecule has 0 bridgehead atoms. The molecule has 222 valence electrons. The molecule has 2 heterocycles. The minimum absolute atomic E-state index is 0.0510. The lowest BCUT2D eigenvalue weighted by Gasteiger charge is -2.41. The molecule has 15 heteroatoms. The van der Waals surface area contributed by atoms with E-state index >= 15 is 0 Å². The van der Waals surface area contributed by atoms with E-state index in [1.54, 1.807) is 7.05 Å². The van der Waals surface area contributed by atoms with Gasteiger partial charge in [0.1, 0.15) is 18.8 Å². The fourth-order valence-corrected chi connectivity index (χ4v) is 4.42. The molecular formula is C26H26F7N5O3. The molecular weight excluding hydrogens is 563 g/mol. The van der Waals surface area contributed by atoms with Crippen LogP contribution in [0.3, 0.4) is 0 Å². The van der Waals surface area contributed by atoms with E-state index in [1.807, 2.05) is 4.90 Å². The summed E-state index contributed by atoms with van der Waals surface area (Å²) in [6.45, 7) is 2.08. The summed E-state index contributed by atoms with van der Waals surface area (Å²) in [5.41, 5.74) is -2.73. The standard InChI is InChI=1S/C26H26F7N5O3/c1-16(18-9-19(25(28,29)30)11-20(10-18)26(31,32)33)41-24-23(17-3-5-21(27)6-4-17)37(7-8-40-24)12-22-34-13-38(35-22)14-36(2)15-39/h3-6,9-11,13,15-16,23-24H,7-8,12,14H2,1-2H3/t16-,23+,24-/m1/s1. The number of amides is 1. The normalized spacial score (nSPS) is 19.2. The Hall–Kier alpha value is -3.56. The van der Waals surface area contributed by atoms with Crippen LogP contribution in [0, 0.1) is 5.82 Å². The number of nitrogens with zero attached hydrogens (tertiary/aromatic N) is 5. The molecule has 3 atom stereocenters. The summed E-state index contributed by atoms with van der Waals surface area (Å²) >= 11 is 0. The minimum Gasteiger partial charge on any atom is -0.349 e. The van der Waals surface area contributed by atoms with Crippen LogP contribution in [0.25, 0.3) is 0 Å². The average molecular weight is 590 g/mol. The van der Waals surface area contributed by atoms with Crippen LogP contribution in [0.1, 0.15) is 47.1 Å². The van der Waals surface area contributed by atoms with Crippen molar-refractivity contribution in [2.75, 3.05) is 20.2 Å². The number of halogens is 7. The topological polar surface area (TPSA) is 72.7 Å². The zero-order chi connectivity index (χ0) is 29.9. The maximum Gasteiger partial charge on any atom is 0.416 e. The van der Waals surface area contributed by atoms with Crippen molar-refractivity contribution in [1.29, 1.82) is 0 Å². The highest BCUT2D eigenvalue weighted by Gasteiger charge is 2.39. The van der Waals surface area contributed by atoms with E-state index < -0.39 is 47.7 Å². The van der Waals surface area contributed by atoms with Crippen molar-refractivity contribution in [1.82, 2.24) is 24.6 Å². The smallest absolute Gasteiger partial charge is 0.349 e. The fourth-order valence-electron chi connectivity index (χ4n) is 4.42. The summed E-state index contributed by atoms with van der Waals surface area (Å²) in [6.07, 6.45) is -10.4. The van der Waals surface area contributed by atoms with E-state index in [0.29, 0.717) is 36.5 Å². The monoisotopic (exact) mass is 589 g/mol. The second kappa shape index (κ2) is 12.1. The molecule has 41 heavy (non-hydrogen) atoms. The summed E-state index contributed by atoms with van der Waals surface area (Å²) in [5.74, 6) is -0.135. The third-order valence-electron chi connectivity index (χ3n) is 6.42. The van der Waals surface area contributed by atoms with E-state index in [2.05, 4.69) is 10.1 Å². The Labute approximate surface area is 230 Å². The van der Waals surface area contributed by atoms with Crippen LogP contribution in [0.5, 0.6) is 0 Å². The number of morpholine rings is 1. The summed E-state index contributed by atoms with van der Waals surface area (Å²) in [6, 6.07) is 5.93. The van der Waals surface area contributed by atoms with Crippen molar-refractivity contribution < 1.29 is 45.0 Å². The first-order valence-corrected chi connectivity index (χ1v) is 12.3. The Morgan fingerprint density at radius 3 is 2.32 bits per heavy atom. The lowest BCUT2D eigenvalue weighted by atomic mass is 10.0. The van der Waals surface area contributed by atoms with Gasteiger partial charge in [-0.1, -0.05) is 12.1 Å². The molecule has 1 aliphatic heterocycles. The van der Waals surface area contributed by atoms with Gasteiger partial charge in [-0.15, -0.1) is 0 Å². The summed E-state index contributed by atoms with van der Waals surface area (Å²) in [4.78, 5) is 18.4. The maximum absolute atomic E-state index is 13.7. The molecule has 0 N–H and O–H groups in total. The largest absolute Gasteiger partial charge is 0.416 e. The number of aromatic nitrogens is 3. The summed E-state index contributed by atoms with van der Waals surface area (Å²) < 4.78 is 107. The zero-order valence-corrected chi connectivity index (χ0v) is 21.9. The number of alkyl halides is 6. The van der Waals surface area contributed by atoms with Crippen LogP contribution >= 0.6 is 0 Å². The molecule has 1 amide bonds. The molecule has 0 unspecified atom stereocenters. The van der Waals surface area contributed by atoms with Gasteiger partial charge in [0.15, 0.2) is 12.1 Å². The first-order chi connectivity index (χ1) is 19.2. The van der Waals surface area contributed by atoms with Crippen LogP contribution in [0.2, 0.25) is 0 Å². The zero-order valence-electron chi connectivity index (χ0n) is 21.9. The number of carbonyl (C=O) groups excluding carboxylic acids is 1. The third kappa shape index (κ3) is 7.59. The molecule has 0 aliphatic carbocycles. The number of ether oxygens (including phenoxy) is 2. The van der Waals surface area contributed by atoms with Gasteiger partial charge in [-0.05, 0) is 48.4 Å².